The van der Waals surface area contributed by atoms with E-state index in [9.17, 15) is 4.79 Å². The van der Waals surface area contributed by atoms with E-state index in [1.165, 1.54) is 0 Å². The van der Waals surface area contributed by atoms with E-state index in [0.717, 1.165) is 16.5 Å². The maximum absolute atomic E-state index is 12.1. The Kier molecular flexibility index (Phi) is 4.28. The van der Waals surface area contributed by atoms with Gasteiger partial charge in [0.1, 0.15) is 18.1 Å². The summed E-state index contributed by atoms with van der Waals surface area (Å²) in [6.07, 6.45) is 0.0745. The lowest BCUT2D eigenvalue weighted by Crippen LogP contribution is -2.09. The number of hydrogen-bond donors (Lipinski definition) is 0. The number of fused-ring (bicyclic) bond motifs is 1. The van der Waals surface area contributed by atoms with Crippen molar-refractivity contribution in [3.63, 3.8) is 0 Å². The van der Waals surface area contributed by atoms with Gasteiger partial charge in [0, 0.05) is 10.9 Å². The van der Waals surface area contributed by atoms with Crippen molar-refractivity contribution in [2.24, 2.45) is 0 Å². The Bertz CT molecular complexity index is 838. The first-order valence-electron chi connectivity index (χ1n) is 7.30. The van der Waals surface area contributed by atoms with E-state index in [-0.39, 0.29) is 19.0 Å². The van der Waals surface area contributed by atoms with Crippen LogP contribution >= 0.6 is 0 Å². The van der Waals surface area contributed by atoms with Crippen LogP contribution in [0.4, 0.5) is 0 Å². The van der Waals surface area contributed by atoms with E-state index in [4.69, 9.17) is 14.0 Å². The van der Waals surface area contributed by atoms with Crippen molar-refractivity contribution in [2.45, 2.75) is 20.0 Å². The minimum absolute atomic E-state index is 0.0745. The number of rotatable bonds is 5. The molecule has 1 heterocycles. The highest BCUT2D eigenvalue weighted by atomic mass is 16.5. The van der Waals surface area contributed by atoms with Crippen molar-refractivity contribution in [3.05, 3.63) is 59.3 Å². The molecule has 0 fully saturated rings. The number of carbonyl (C=O) groups is 1. The van der Waals surface area contributed by atoms with Crippen molar-refractivity contribution in [3.8, 4) is 5.75 Å². The van der Waals surface area contributed by atoms with E-state index in [2.05, 4.69) is 5.16 Å². The summed E-state index contributed by atoms with van der Waals surface area (Å²) in [7, 11) is 1.59. The first kappa shape index (κ1) is 15.1. The Hall–Kier alpha value is -2.82. The number of carbonyl (C=O) groups excluding carboxylic acids is 1. The number of aromatic nitrogens is 1. The summed E-state index contributed by atoms with van der Waals surface area (Å²) in [4.78, 5) is 12.1. The standard InChI is InChI=1S/C18H17NO4/c1-12-7-8-16(21-2)13(9-12)11-22-18(20)10-15-14-5-3-4-6-17(14)23-19-15/h3-9H,10-11H2,1-2H3. The molecule has 0 unspecified atom stereocenters. The molecule has 0 radical (unpaired) electrons. The van der Waals surface area contributed by atoms with Gasteiger partial charge in [-0.05, 0) is 31.2 Å². The smallest absolute Gasteiger partial charge is 0.312 e. The fourth-order valence-corrected chi connectivity index (χ4v) is 2.43. The molecular weight excluding hydrogens is 294 g/mol. The van der Waals surface area contributed by atoms with Crippen molar-refractivity contribution in [1.82, 2.24) is 5.16 Å². The molecule has 0 aliphatic heterocycles. The molecule has 23 heavy (non-hydrogen) atoms. The van der Waals surface area contributed by atoms with Gasteiger partial charge in [-0.25, -0.2) is 0 Å². The SMILES string of the molecule is COc1ccc(C)cc1COC(=O)Cc1noc2ccccc12. The molecule has 1 aromatic heterocycles. The second kappa shape index (κ2) is 6.52. The number of esters is 1. The van der Waals surface area contributed by atoms with E-state index in [0.29, 0.717) is 17.0 Å². The summed E-state index contributed by atoms with van der Waals surface area (Å²) < 4.78 is 15.8. The lowest BCUT2D eigenvalue weighted by Gasteiger charge is -2.10. The second-order valence-corrected chi connectivity index (χ2v) is 5.28. The number of hydrogen-bond acceptors (Lipinski definition) is 5. The zero-order valence-electron chi connectivity index (χ0n) is 13.0. The zero-order valence-corrected chi connectivity index (χ0v) is 13.0. The molecule has 0 atom stereocenters. The first-order valence-corrected chi connectivity index (χ1v) is 7.30. The highest BCUT2D eigenvalue weighted by Gasteiger charge is 2.14. The summed E-state index contributed by atoms with van der Waals surface area (Å²) in [5.74, 6) is 0.350. The van der Waals surface area contributed by atoms with Crippen LogP contribution in [-0.4, -0.2) is 18.2 Å². The third-order valence-corrected chi connectivity index (χ3v) is 3.59. The predicted octanol–water partition coefficient (Wildman–Crippen LogP) is 3.43. The Morgan fingerprint density at radius 1 is 1.22 bits per heavy atom. The number of ether oxygens (including phenoxy) is 2. The average molecular weight is 311 g/mol. The number of aryl methyl sites for hydroxylation is 1. The normalized spacial score (nSPS) is 10.7. The largest absolute Gasteiger partial charge is 0.496 e. The molecule has 0 aliphatic rings. The number of benzene rings is 2. The van der Waals surface area contributed by atoms with Gasteiger partial charge in [-0.3, -0.25) is 4.79 Å². The van der Waals surface area contributed by atoms with Crippen molar-refractivity contribution in [1.29, 1.82) is 0 Å². The highest BCUT2D eigenvalue weighted by molar-refractivity contribution is 5.84. The molecule has 2 aromatic carbocycles. The molecule has 0 bridgehead atoms. The molecular formula is C18H17NO4. The summed E-state index contributed by atoms with van der Waals surface area (Å²) in [6.45, 7) is 2.14. The maximum atomic E-state index is 12.1. The third-order valence-electron chi connectivity index (χ3n) is 3.59. The van der Waals surface area contributed by atoms with Gasteiger partial charge in [-0.2, -0.15) is 0 Å². The summed E-state index contributed by atoms with van der Waals surface area (Å²) in [5, 5.41) is 4.77. The summed E-state index contributed by atoms with van der Waals surface area (Å²) in [6, 6.07) is 13.2. The van der Waals surface area contributed by atoms with Gasteiger partial charge in [0.15, 0.2) is 5.58 Å². The Balaban J connectivity index is 1.67. The number of methoxy groups -OCH3 is 1. The predicted molar refractivity (Wildman–Crippen MR) is 85.2 cm³/mol. The zero-order chi connectivity index (χ0) is 16.2. The van der Waals surface area contributed by atoms with Crippen LogP contribution < -0.4 is 4.74 Å². The van der Waals surface area contributed by atoms with Gasteiger partial charge < -0.3 is 14.0 Å². The van der Waals surface area contributed by atoms with Crippen molar-refractivity contribution in [2.75, 3.05) is 7.11 Å². The van der Waals surface area contributed by atoms with Crippen LogP contribution in [0.15, 0.2) is 47.0 Å². The minimum atomic E-state index is -0.354. The van der Waals surface area contributed by atoms with Crippen LogP contribution in [-0.2, 0) is 22.6 Å². The maximum Gasteiger partial charge on any atom is 0.312 e. The summed E-state index contributed by atoms with van der Waals surface area (Å²) in [5.41, 5.74) is 3.17. The minimum Gasteiger partial charge on any atom is -0.496 e. The van der Waals surface area contributed by atoms with E-state index >= 15 is 0 Å². The summed E-state index contributed by atoms with van der Waals surface area (Å²) >= 11 is 0. The third kappa shape index (κ3) is 3.34. The molecule has 0 amide bonds. The van der Waals surface area contributed by atoms with Gasteiger partial charge in [0.2, 0.25) is 0 Å². The second-order valence-electron chi connectivity index (χ2n) is 5.28. The quantitative estimate of drug-likeness (QED) is 0.676. The Morgan fingerprint density at radius 2 is 2.04 bits per heavy atom. The van der Waals surface area contributed by atoms with Crippen LogP contribution in [0.1, 0.15) is 16.8 Å². The lowest BCUT2D eigenvalue weighted by atomic mass is 10.1. The van der Waals surface area contributed by atoms with Crippen molar-refractivity contribution < 1.29 is 18.8 Å². The molecule has 3 rings (SSSR count). The molecule has 5 nitrogen and oxygen atoms in total. The fraction of sp³-hybridized carbons (Fsp3) is 0.222. The Labute approximate surface area is 133 Å². The lowest BCUT2D eigenvalue weighted by molar-refractivity contribution is -0.144. The van der Waals surface area contributed by atoms with Crippen LogP contribution in [0.3, 0.4) is 0 Å². The van der Waals surface area contributed by atoms with Gasteiger partial charge in [-0.1, -0.05) is 28.9 Å². The van der Waals surface area contributed by atoms with Crippen LogP contribution in [0, 0.1) is 6.92 Å². The molecule has 5 heteroatoms. The molecule has 3 aromatic rings. The molecule has 0 spiro atoms. The molecule has 0 N–H and O–H groups in total. The molecule has 0 aliphatic carbocycles. The number of nitrogens with zero attached hydrogens (tertiary/aromatic N) is 1. The Morgan fingerprint density at radius 3 is 2.87 bits per heavy atom. The fourth-order valence-electron chi connectivity index (χ4n) is 2.43. The topological polar surface area (TPSA) is 61.6 Å². The average Bonchev–Trinajstić information content (AvgIpc) is 2.96. The molecule has 0 saturated carbocycles. The van der Waals surface area contributed by atoms with E-state index in [1.807, 2.05) is 49.4 Å². The van der Waals surface area contributed by atoms with Crippen LogP contribution in [0.5, 0.6) is 5.75 Å². The van der Waals surface area contributed by atoms with E-state index < -0.39 is 0 Å². The van der Waals surface area contributed by atoms with Gasteiger partial charge in [-0.15, -0.1) is 0 Å². The van der Waals surface area contributed by atoms with Crippen LogP contribution in [0.2, 0.25) is 0 Å². The monoisotopic (exact) mass is 311 g/mol. The van der Waals surface area contributed by atoms with Crippen LogP contribution in [0.25, 0.3) is 11.0 Å². The molecule has 0 saturated heterocycles. The number of para-hydroxylation sites is 1. The molecule has 118 valence electrons. The first-order chi connectivity index (χ1) is 11.2. The highest BCUT2D eigenvalue weighted by Crippen LogP contribution is 2.21. The van der Waals surface area contributed by atoms with Gasteiger partial charge in [0.05, 0.1) is 13.5 Å². The van der Waals surface area contributed by atoms with Crippen molar-refractivity contribution >= 4 is 16.9 Å². The van der Waals surface area contributed by atoms with Gasteiger partial charge >= 0.3 is 5.97 Å². The van der Waals surface area contributed by atoms with Gasteiger partial charge in [0.25, 0.3) is 0 Å². The van der Waals surface area contributed by atoms with E-state index in [1.54, 1.807) is 7.11 Å².